The molecule has 0 unspecified atom stereocenters. The number of halogens is 2. The van der Waals surface area contributed by atoms with Gasteiger partial charge in [-0.15, -0.1) is 0 Å². The third-order valence-electron chi connectivity index (χ3n) is 2.49. The van der Waals surface area contributed by atoms with E-state index in [1.807, 2.05) is 0 Å². The van der Waals surface area contributed by atoms with Crippen molar-refractivity contribution in [1.82, 2.24) is 9.78 Å². The molecule has 7 nitrogen and oxygen atoms in total. The van der Waals surface area contributed by atoms with Gasteiger partial charge in [0.05, 0.1) is 11.5 Å². The van der Waals surface area contributed by atoms with Gasteiger partial charge in [-0.3, -0.25) is 14.8 Å². The first-order valence-electron chi connectivity index (χ1n) is 5.27. The van der Waals surface area contributed by atoms with Crippen molar-refractivity contribution in [3.05, 3.63) is 55.8 Å². The second kappa shape index (κ2) is 5.48. The molecular weight excluding hydrogens is 309 g/mol. The molecule has 0 aliphatic rings. The van der Waals surface area contributed by atoms with Crippen molar-refractivity contribution in [3.63, 3.8) is 0 Å². The maximum Gasteiger partial charge on any atom is 0.363 e. The molecule has 1 heterocycles. The van der Waals surface area contributed by atoms with E-state index in [9.17, 15) is 14.9 Å². The van der Waals surface area contributed by atoms with Gasteiger partial charge in [0.25, 0.3) is 0 Å². The Labute approximate surface area is 122 Å². The molecule has 1 N–H and O–H groups in total. The standard InChI is InChI=1S/C11H7Cl2N3O4/c12-7-2-1-6(8(13)3-7)4-15-5-9(16(19)20)10(14-15)11(17)18/h1-3,5H,4H2,(H,17,18). The third-order valence-corrected chi connectivity index (χ3v) is 3.08. The van der Waals surface area contributed by atoms with E-state index in [2.05, 4.69) is 5.10 Å². The summed E-state index contributed by atoms with van der Waals surface area (Å²) in [7, 11) is 0. The van der Waals surface area contributed by atoms with E-state index < -0.39 is 22.3 Å². The average Bonchev–Trinajstić information content (AvgIpc) is 2.77. The largest absolute Gasteiger partial charge is 0.476 e. The van der Waals surface area contributed by atoms with E-state index in [0.717, 1.165) is 10.9 Å². The Bertz CT molecular complexity index is 667. The molecule has 0 aliphatic heterocycles. The predicted octanol–water partition coefficient (Wildman–Crippen LogP) is 2.84. The Morgan fingerprint density at radius 1 is 1.45 bits per heavy atom. The fourth-order valence-corrected chi connectivity index (χ4v) is 2.07. The number of nitro groups is 1. The Morgan fingerprint density at radius 2 is 2.15 bits per heavy atom. The fraction of sp³-hybridized carbons (Fsp3) is 0.0909. The zero-order valence-electron chi connectivity index (χ0n) is 9.79. The lowest BCUT2D eigenvalue weighted by Crippen LogP contribution is -2.05. The summed E-state index contributed by atoms with van der Waals surface area (Å²) in [4.78, 5) is 20.8. The van der Waals surface area contributed by atoms with E-state index in [1.165, 1.54) is 6.07 Å². The van der Waals surface area contributed by atoms with E-state index >= 15 is 0 Å². The maximum absolute atomic E-state index is 10.9. The molecule has 2 aromatic rings. The van der Waals surface area contributed by atoms with Crippen LogP contribution in [0.2, 0.25) is 10.0 Å². The highest BCUT2D eigenvalue weighted by atomic mass is 35.5. The Morgan fingerprint density at radius 3 is 2.65 bits per heavy atom. The van der Waals surface area contributed by atoms with Crippen LogP contribution in [0.4, 0.5) is 5.69 Å². The van der Waals surface area contributed by atoms with Crippen LogP contribution in [0.3, 0.4) is 0 Å². The zero-order chi connectivity index (χ0) is 14.9. The molecule has 0 saturated heterocycles. The fourth-order valence-electron chi connectivity index (χ4n) is 1.60. The summed E-state index contributed by atoms with van der Waals surface area (Å²) in [6.07, 6.45) is 1.05. The quantitative estimate of drug-likeness (QED) is 0.691. The van der Waals surface area contributed by atoms with Crippen LogP contribution < -0.4 is 0 Å². The molecule has 1 aromatic heterocycles. The van der Waals surface area contributed by atoms with Crippen molar-refractivity contribution in [2.45, 2.75) is 6.54 Å². The number of hydrogen-bond donors (Lipinski definition) is 1. The lowest BCUT2D eigenvalue weighted by Gasteiger charge is -2.04. The highest BCUT2D eigenvalue weighted by Gasteiger charge is 2.25. The Balaban J connectivity index is 2.37. The molecule has 0 atom stereocenters. The predicted molar refractivity (Wildman–Crippen MR) is 71.4 cm³/mol. The minimum Gasteiger partial charge on any atom is -0.476 e. The first-order chi connectivity index (χ1) is 9.38. The van der Waals surface area contributed by atoms with Gasteiger partial charge >= 0.3 is 11.7 Å². The highest BCUT2D eigenvalue weighted by molar-refractivity contribution is 6.35. The van der Waals surface area contributed by atoms with Crippen molar-refractivity contribution in [2.75, 3.05) is 0 Å². The van der Waals surface area contributed by atoms with E-state index in [0.29, 0.717) is 15.6 Å². The normalized spacial score (nSPS) is 10.5. The Hall–Kier alpha value is -2.12. The summed E-state index contributed by atoms with van der Waals surface area (Å²) < 4.78 is 1.15. The number of rotatable bonds is 4. The molecule has 2 rings (SSSR count). The number of hydrogen-bond acceptors (Lipinski definition) is 4. The number of aromatic nitrogens is 2. The number of carboxylic acid groups (broad SMARTS) is 1. The van der Waals surface area contributed by atoms with Gasteiger partial charge in [-0.25, -0.2) is 4.79 Å². The molecule has 0 fully saturated rings. The number of nitrogens with zero attached hydrogens (tertiary/aromatic N) is 3. The zero-order valence-corrected chi connectivity index (χ0v) is 11.3. The van der Waals surface area contributed by atoms with Crippen LogP contribution in [0.1, 0.15) is 16.1 Å². The molecule has 0 aliphatic carbocycles. The molecule has 9 heteroatoms. The van der Waals surface area contributed by atoms with Crippen molar-refractivity contribution in [1.29, 1.82) is 0 Å². The van der Waals surface area contributed by atoms with Gasteiger partial charge < -0.3 is 5.11 Å². The maximum atomic E-state index is 10.9. The molecule has 0 spiro atoms. The van der Waals surface area contributed by atoms with Crippen LogP contribution in [-0.2, 0) is 6.54 Å². The van der Waals surface area contributed by atoms with E-state index in [4.69, 9.17) is 28.3 Å². The average molecular weight is 316 g/mol. The summed E-state index contributed by atoms with van der Waals surface area (Å²) in [6.45, 7) is 0.101. The van der Waals surface area contributed by atoms with Crippen molar-refractivity contribution in [3.8, 4) is 0 Å². The number of carbonyl (C=O) groups is 1. The lowest BCUT2D eigenvalue weighted by molar-refractivity contribution is -0.385. The molecule has 20 heavy (non-hydrogen) atoms. The van der Waals surface area contributed by atoms with Gasteiger partial charge in [0, 0.05) is 10.0 Å². The van der Waals surface area contributed by atoms with Crippen LogP contribution in [0.15, 0.2) is 24.4 Å². The summed E-state index contributed by atoms with van der Waals surface area (Å²) in [5.74, 6) is -1.46. The van der Waals surface area contributed by atoms with Crippen LogP contribution in [0.5, 0.6) is 0 Å². The minimum absolute atomic E-state index is 0.101. The van der Waals surface area contributed by atoms with E-state index in [1.54, 1.807) is 12.1 Å². The molecular formula is C11H7Cl2N3O4. The second-order valence-corrected chi connectivity index (χ2v) is 4.70. The smallest absolute Gasteiger partial charge is 0.363 e. The Kier molecular flexibility index (Phi) is 3.91. The van der Waals surface area contributed by atoms with E-state index in [-0.39, 0.29) is 6.54 Å². The molecule has 104 valence electrons. The molecule has 0 bridgehead atoms. The lowest BCUT2D eigenvalue weighted by atomic mass is 10.2. The number of aromatic carboxylic acids is 1. The third kappa shape index (κ3) is 2.89. The van der Waals surface area contributed by atoms with Gasteiger partial charge in [0.1, 0.15) is 6.20 Å². The summed E-state index contributed by atoms with van der Waals surface area (Å²) in [5.41, 5.74) is -0.562. The first kappa shape index (κ1) is 14.3. The van der Waals surface area contributed by atoms with Crippen LogP contribution in [0.25, 0.3) is 0 Å². The highest BCUT2D eigenvalue weighted by Crippen LogP contribution is 2.23. The minimum atomic E-state index is -1.46. The molecule has 0 radical (unpaired) electrons. The number of benzene rings is 1. The second-order valence-electron chi connectivity index (χ2n) is 3.86. The van der Waals surface area contributed by atoms with Crippen LogP contribution >= 0.6 is 23.2 Å². The van der Waals surface area contributed by atoms with Crippen molar-refractivity contribution < 1.29 is 14.8 Å². The van der Waals surface area contributed by atoms with Crippen LogP contribution in [0, 0.1) is 10.1 Å². The topological polar surface area (TPSA) is 98.3 Å². The molecule has 0 amide bonds. The summed E-state index contributed by atoms with van der Waals surface area (Å²) in [5, 5.41) is 24.1. The number of carboxylic acids is 1. The first-order valence-corrected chi connectivity index (χ1v) is 6.03. The van der Waals surface area contributed by atoms with Gasteiger partial charge in [-0.2, -0.15) is 5.10 Å². The molecule has 0 saturated carbocycles. The SMILES string of the molecule is O=C(O)c1nn(Cc2ccc(Cl)cc2Cl)cc1[N+](=O)[O-]. The summed E-state index contributed by atoms with van der Waals surface area (Å²) in [6, 6.07) is 4.77. The van der Waals surface area contributed by atoms with Gasteiger partial charge in [-0.05, 0) is 17.7 Å². The van der Waals surface area contributed by atoms with Crippen molar-refractivity contribution in [2.24, 2.45) is 0 Å². The monoisotopic (exact) mass is 315 g/mol. The van der Waals surface area contributed by atoms with Crippen LogP contribution in [-0.4, -0.2) is 25.8 Å². The summed E-state index contributed by atoms with van der Waals surface area (Å²) >= 11 is 11.7. The van der Waals surface area contributed by atoms with Crippen molar-refractivity contribution >= 4 is 34.9 Å². The molecule has 1 aromatic carbocycles. The van der Waals surface area contributed by atoms with Gasteiger partial charge in [0.15, 0.2) is 0 Å². The van der Waals surface area contributed by atoms with Gasteiger partial charge in [0.2, 0.25) is 5.69 Å². The van der Waals surface area contributed by atoms with Gasteiger partial charge in [-0.1, -0.05) is 29.3 Å².